The van der Waals surface area contributed by atoms with Crippen molar-refractivity contribution in [2.45, 2.75) is 19.8 Å². The molecule has 0 atom stereocenters. The predicted octanol–water partition coefficient (Wildman–Crippen LogP) is 2.83. The number of ether oxygens (including phenoxy) is 1. The average Bonchev–Trinajstić information content (AvgIpc) is 2.97. The Morgan fingerprint density at radius 2 is 2.23 bits per heavy atom. The van der Waals surface area contributed by atoms with Gasteiger partial charge in [0.05, 0.1) is 11.5 Å². The van der Waals surface area contributed by atoms with Crippen molar-refractivity contribution >= 4 is 11.4 Å². The largest absolute Gasteiger partial charge is 0.383 e. The number of nitrogens with zero attached hydrogens (tertiary/aromatic N) is 3. The van der Waals surface area contributed by atoms with Crippen LogP contribution in [0, 0.1) is 10.1 Å². The molecule has 1 N–H and O–H groups in total. The Morgan fingerprint density at radius 1 is 1.45 bits per heavy atom. The van der Waals surface area contributed by atoms with Crippen LogP contribution in [-0.4, -0.2) is 35.3 Å². The van der Waals surface area contributed by atoms with Crippen LogP contribution >= 0.6 is 0 Å². The first kappa shape index (κ1) is 15.9. The number of anilines is 1. The van der Waals surface area contributed by atoms with E-state index in [9.17, 15) is 10.1 Å². The molecule has 0 aliphatic carbocycles. The van der Waals surface area contributed by atoms with E-state index in [1.54, 1.807) is 19.2 Å². The lowest BCUT2D eigenvalue weighted by atomic mass is 10.1. The number of hydrogen-bond acceptors (Lipinski definition) is 7. The van der Waals surface area contributed by atoms with Crippen molar-refractivity contribution in [3.63, 3.8) is 0 Å². The Balaban J connectivity index is 2.29. The number of methoxy groups -OCH3 is 1. The molecule has 0 fully saturated rings. The number of nitro groups is 1. The summed E-state index contributed by atoms with van der Waals surface area (Å²) in [6.07, 6.45) is 0. The first-order valence-electron chi connectivity index (χ1n) is 6.88. The third kappa shape index (κ3) is 3.59. The second-order valence-corrected chi connectivity index (χ2v) is 5.02. The summed E-state index contributed by atoms with van der Waals surface area (Å²) in [5.74, 6) is 0.970. The van der Waals surface area contributed by atoms with Crippen LogP contribution < -0.4 is 5.32 Å². The number of benzene rings is 1. The maximum Gasteiger partial charge on any atom is 0.293 e. The van der Waals surface area contributed by atoms with Crippen molar-refractivity contribution in [3.8, 4) is 11.5 Å². The third-order valence-electron chi connectivity index (χ3n) is 3.02. The second kappa shape index (κ2) is 6.99. The zero-order chi connectivity index (χ0) is 16.1. The summed E-state index contributed by atoms with van der Waals surface area (Å²) in [6, 6.07) is 4.76. The molecule has 8 nitrogen and oxygen atoms in total. The third-order valence-corrected chi connectivity index (χ3v) is 3.02. The molecule has 1 heterocycles. The van der Waals surface area contributed by atoms with Crippen molar-refractivity contribution in [2.75, 3.05) is 25.6 Å². The van der Waals surface area contributed by atoms with E-state index < -0.39 is 4.92 Å². The van der Waals surface area contributed by atoms with Crippen molar-refractivity contribution < 1.29 is 14.2 Å². The highest BCUT2D eigenvalue weighted by molar-refractivity contribution is 5.69. The van der Waals surface area contributed by atoms with Gasteiger partial charge in [0.1, 0.15) is 5.69 Å². The molecule has 1 aromatic carbocycles. The fourth-order valence-electron chi connectivity index (χ4n) is 1.84. The molecule has 1 aromatic heterocycles. The Labute approximate surface area is 127 Å². The first-order valence-corrected chi connectivity index (χ1v) is 6.88. The van der Waals surface area contributed by atoms with Crippen molar-refractivity contribution in [1.82, 2.24) is 10.1 Å². The summed E-state index contributed by atoms with van der Waals surface area (Å²) >= 11 is 0. The maximum absolute atomic E-state index is 11.2. The number of nitro benzene ring substituents is 1. The highest BCUT2D eigenvalue weighted by Crippen LogP contribution is 2.30. The van der Waals surface area contributed by atoms with Gasteiger partial charge in [0, 0.05) is 31.2 Å². The Bertz CT molecular complexity index is 654. The molecule has 0 aliphatic heterocycles. The molecule has 0 radical (unpaired) electrons. The monoisotopic (exact) mass is 306 g/mol. The van der Waals surface area contributed by atoms with Gasteiger partial charge in [0.15, 0.2) is 5.82 Å². The zero-order valence-corrected chi connectivity index (χ0v) is 12.7. The minimum Gasteiger partial charge on any atom is -0.383 e. The van der Waals surface area contributed by atoms with Crippen molar-refractivity contribution in [3.05, 3.63) is 34.1 Å². The lowest BCUT2D eigenvalue weighted by Gasteiger charge is -2.07. The van der Waals surface area contributed by atoms with Crippen LogP contribution in [0.25, 0.3) is 11.5 Å². The molecule has 8 heteroatoms. The summed E-state index contributed by atoms with van der Waals surface area (Å²) in [7, 11) is 1.57. The molecule has 0 spiro atoms. The molecule has 0 bridgehead atoms. The van der Waals surface area contributed by atoms with Gasteiger partial charge in [-0.15, -0.1) is 0 Å². The molecule has 0 saturated heterocycles. The number of hydrogen-bond donors (Lipinski definition) is 1. The molecular weight excluding hydrogens is 288 g/mol. The number of aromatic nitrogens is 2. The van der Waals surface area contributed by atoms with Gasteiger partial charge >= 0.3 is 0 Å². The Hall–Kier alpha value is -2.48. The Kier molecular flexibility index (Phi) is 5.05. The van der Waals surface area contributed by atoms with Crippen LogP contribution in [0.2, 0.25) is 0 Å². The van der Waals surface area contributed by atoms with E-state index in [2.05, 4.69) is 15.5 Å². The molecule has 22 heavy (non-hydrogen) atoms. The molecule has 2 rings (SSSR count). The lowest BCUT2D eigenvalue weighted by molar-refractivity contribution is -0.383. The highest BCUT2D eigenvalue weighted by atomic mass is 16.6. The van der Waals surface area contributed by atoms with Crippen LogP contribution in [0.1, 0.15) is 25.6 Å². The molecule has 0 aliphatic rings. The van der Waals surface area contributed by atoms with Crippen LogP contribution in [0.5, 0.6) is 0 Å². The SMILES string of the molecule is COCCNc1ccc(-c2nc(C(C)C)no2)cc1[N+](=O)[O-]. The van der Waals surface area contributed by atoms with Crippen LogP contribution in [0.15, 0.2) is 22.7 Å². The van der Waals surface area contributed by atoms with Gasteiger partial charge in [0.25, 0.3) is 11.6 Å². The second-order valence-electron chi connectivity index (χ2n) is 5.02. The van der Waals surface area contributed by atoms with E-state index in [0.717, 1.165) is 0 Å². The van der Waals surface area contributed by atoms with Gasteiger partial charge in [0.2, 0.25) is 0 Å². The normalized spacial score (nSPS) is 10.9. The van der Waals surface area contributed by atoms with Crippen LogP contribution in [-0.2, 0) is 4.74 Å². The molecule has 2 aromatic rings. The van der Waals surface area contributed by atoms with E-state index in [0.29, 0.717) is 30.2 Å². The topological polar surface area (TPSA) is 103 Å². The van der Waals surface area contributed by atoms with Crippen molar-refractivity contribution in [1.29, 1.82) is 0 Å². The number of nitrogens with one attached hydrogen (secondary N) is 1. The van der Waals surface area contributed by atoms with E-state index in [4.69, 9.17) is 9.26 Å². The minimum atomic E-state index is -0.446. The van der Waals surface area contributed by atoms with Gasteiger partial charge in [-0.1, -0.05) is 19.0 Å². The smallest absolute Gasteiger partial charge is 0.293 e. The van der Waals surface area contributed by atoms with Gasteiger partial charge in [-0.3, -0.25) is 10.1 Å². The van der Waals surface area contributed by atoms with Gasteiger partial charge < -0.3 is 14.6 Å². The molecule has 0 unspecified atom stereocenters. The minimum absolute atomic E-state index is 0.0436. The van der Waals surface area contributed by atoms with Crippen molar-refractivity contribution in [2.24, 2.45) is 0 Å². The standard InChI is InChI=1S/C14H18N4O4/c1-9(2)13-16-14(22-17-13)10-4-5-11(15-6-7-21-3)12(8-10)18(19)20/h4-5,8-9,15H,6-7H2,1-3H3. The van der Waals surface area contributed by atoms with E-state index >= 15 is 0 Å². The Morgan fingerprint density at radius 3 is 2.82 bits per heavy atom. The van der Waals surface area contributed by atoms with E-state index in [1.165, 1.54) is 6.07 Å². The van der Waals surface area contributed by atoms with Gasteiger partial charge in [-0.05, 0) is 12.1 Å². The first-order chi connectivity index (χ1) is 10.5. The molecule has 118 valence electrons. The quantitative estimate of drug-likeness (QED) is 0.476. The maximum atomic E-state index is 11.2. The van der Waals surface area contributed by atoms with E-state index in [1.807, 2.05) is 13.8 Å². The molecule has 0 saturated carbocycles. The molecular formula is C14H18N4O4. The molecule has 0 amide bonds. The van der Waals surface area contributed by atoms with E-state index in [-0.39, 0.29) is 17.5 Å². The van der Waals surface area contributed by atoms with Gasteiger partial charge in [-0.25, -0.2) is 0 Å². The van der Waals surface area contributed by atoms with Crippen LogP contribution in [0.3, 0.4) is 0 Å². The van der Waals surface area contributed by atoms with Crippen LogP contribution in [0.4, 0.5) is 11.4 Å². The zero-order valence-electron chi connectivity index (χ0n) is 12.7. The summed E-state index contributed by atoms with van der Waals surface area (Å²) in [6.45, 7) is 4.83. The highest BCUT2D eigenvalue weighted by Gasteiger charge is 2.18. The lowest BCUT2D eigenvalue weighted by Crippen LogP contribution is -2.09. The summed E-state index contributed by atoms with van der Waals surface area (Å²) in [4.78, 5) is 15.0. The fourth-order valence-corrected chi connectivity index (χ4v) is 1.84. The summed E-state index contributed by atoms with van der Waals surface area (Å²) in [5, 5.41) is 18.0. The summed E-state index contributed by atoms with van der Waals surface area (Å²) < 4.78 is 10.1. The van der Waals surface area contributed by atoms with Gasteiger partial charge in [-0.2, -0.15) is 4.98 Å². The fraction of sp³-hybridized carbons (Fsp3) is 0.429. The average molecular weight is 306 g/mol. The summed E-state index contributed by atoms with van der Waals surface area (Å²) in [5.41, 5.74) is 0.899. The number of rotatable bonds is 7. The predicted molar refractivity (Wildman–Crippen MR) is 80.8 cm³/mol.